The first-order valence-electron chi connectivity index (χ1n) is 1.43. The van der Waals surface area contributed by atoms with Gasteiger partial charge in [-0.2, -0.15) is 5.90 Å². The summed E-state index contributed by atoms with van der Waals surface area (Å²) in [6.45, 7) is -0.278. The quantitative estimate of drug-likeness (QED) is 0.347. The second-order valence-electron chi connectivity index (χ2n) is 0.598. The van der Waals surface area contributed by atoms with Gasteiger partial charge in [0.05, 0.1) is 6.54 Å². The fourth-order valence-electron chi connectivity index (χ4n) is 0. The average Bonchev–Trinajstić information content (AvgIpc) is 1.73. The zero-order valence-corrected chi connectivity index (χ0v) is 3.63. The van der Waals surface area contributed by atoms with Crippen LogP contribution in [0.1, 0.15) is 0 Å². The molecule has 0 saturated heterocycles. The summed E-state index contributed by atoms with van der Waals surface area (Å²) in [7, 11) is 0. The first kappa shape index (κ1) is 9.61. The highest BCUT2D eigenvalue weighted by molar-refractivity contribution is 5.68. The van der Waals surface area contributed by atoms with Crippen molar-refractivity contribution in [2.24, 2.45) is 11.6 Å². The summed E-state index contributed by atoms with van der Waals surface area (Å²) in [5.41, 5.74) is 4.57. The standard InChI is InChI=1S/C2H5NO2.H2NO/c3-1-2(4)5;1-2/h1,3H2,(H,4,5);1H2. The predicted molar refractivity (Wildman–Crippen MR) is 21.6 cm³/mol. The summed E-state index contributed by atoms with van der Waals surface area (Å²) in [5, 5.41) is 15.3. The summed E-state index contributed by atoms with van der Waals surface area (Å²) in [6, 6.07) is 0. The highest BCUT2D eigenvalue weighted by Gasteiger charge is 1.81. The molecule has 0 saturated carbocycles. The largest absolute Gasteiger partial charge is 0.480 e. The normalized spacial score (nSPS) is 6.14. The van der Waals surface area contributed by atoms with E-state index >= 15 is 0 Å². The lowest BCUT2D eigenvalue weighted by Crippen LogP contribution is -2.10. The minimum atomic E-state index is -0.968. The van der Waals surface area contributed by atoms with E-state index in [4.69, 9.17) is 10.3 Å². The van der Waals surface area contributed by atoms with E-state index in [2.05, 4.69) is 11.6 Å². The number of carbonyl (C=O) groups is 1. The molecule has 0 aliphatic carbocycles. The zero-order valence-electron chi connectivity index (χ0n) is 3.63. The van der Waals surface area contributed by atoms with Crippen LogP contribution in [0.3, 0.4) is 0 Å². The molecule has 0 bridgehead atoms. The van der Waals surface area contributed by atoms with E-state index in [0.717, 1.165) is 0 Å². The van der Waals surface area contributed by atoms with Crippen LogP contribution in [0.25, 0.3) is 0 Å². The van der Waals surface area contributed by atoms with Gasteiger partial charge in [0.15, 0.2) is 0 Å². The smallest absolute Gasteiger partial charge is 0.317 e. The van der Waals surface area contributed by atoms with Crippen LogP contribution in [0.15, 0.2) is 0 Å². The number of carboxylic acids is 1. The van der Waals surface area contributed by atoms with Gasteiger partial charge < -0.3 is 10.8 Å². The fourth-order valence-corrected chi connectivity index (χ4v) is 0. The molecule has 43 valence electrons. The van der Waals surface area contributed by atoms with Crippen LogP contribution in [0.4, 0.5) is 0 Å². The monoisotopic (exact) mass is 107 g/mol. The van der Waals surface area contributed by atoms with Gasteiger partial charge >= 0.3 is 5.97 Å². The van der Waals surface area contributed by atoms with Gasteiger partial charge in [0, 0.05) is 0 Å². The van der Waals surface area contributed by atoms with Crippen molar-refractivity contribution < 1.29 is 15.1 Å². The van der Waals surface area contributed by atoms with Gasteiger partial charge in [0.25, 0.3) is 0 Å². The Hall–Kier alpha value is -0.650. The molecule has 0 aromatic heterocycles. The van der Waals surface area contributed by atoms with Crippen molar-refractivity contribution in [3.05, 3.63) is 0 Å². The van der Waals surface area contributed by atoms with E-state index < -0.39 is 5.97 Å². The fraction of sp³-hybridized carbons (Fsp3) is 0.500. The lowest BCUT2D eigenvalue weighted by molar-refractivity contribution is -0.135. The molecule has 0 fully saturated rings. The second kappa shape index (κ2) is 9.02. The zero-order chi connectivity index (χ0) is 6.28. The Kier molecular flexibility index (Phi) is 12.4. The lowest BCUT2D eigenvalue weighted by Gasteiger charge is -1.73. The molecule has 0 spiro atoms. The van der Waals surface area contributed by atoms with Gasteiger partial charge in [-0.05, 0) is 0 Å². The van der Waals surface area contributed by atoms with E-state index in [9.17, 15) is 4.79 Å². The molecule has 0 aromatic rings. The number of rotatable bonds is 1. The number of hydrogen-bond donors (Lipinski definition) is 3. The van der Waals surface area contributed by atoms with Crippen LogP contribution in [0.2, 0.25) is 0 Å². The van der Waals surface area contributed by atoms with E-state index in [1.54, 1.807) is 0 Å². The maximum atomic E-state index is 9.24. The van der Waals surface area contributed by atoms with Gasteiger partial charge in [-0.15, -0.1) is 5.21 Å². The van der Waals surface area contributed by atoms with Crippen LogP contribution in [0, 0.1) is 0 Å². The summed E-state index contributed by atoms with van der Waals surface area (Å²) >= 11 is 0. The molecule has 5 N–H and O–H groups in total. The van der Waals surface area contributed by atoms with Gasteiger partial charge in [0.1, 0.15) is 0 Å². The van der Waals surface area contributed by atoms with E-state index in [0.29, 0.717) is 0 Å². The van der Waals surface area contributed by atoms with Crippen molar-refractivity contribution in [1.29, 1.82) is 0 Å². The van der Waals surface area contributed by atoms with Crippen molar-refractivity contribution in [2.75, 3.05) is 6.54 Å². The van der Waals surface area contributed by atoms with E-state index in [-0.39, 0.29) is 6.54 Å². The van der Waals surface area contributed by atoms with E-state index in [1.165, 1.54) is 0 Å². The van der Waals surface area contributed by atoms with Crippen molar-refractivity contribution >= 4 is 5.97 Å². The average molecular weight is 107 g/mol. The SMILES string of the molecule is NCC(=O)O.N[O]. The van der Waals surface area contributed by atoms with Gasteiger partial charge in [-0.1, -0.05) is 0 Å². The van der Waals surface area contributed by atoms with Gasteiger partial charge in [-0.3, -0.25) is 4.79 Å². The summed E-state index contributed by atoms with van der Waals surface area (Å²) in [6.07, 6.45) is 0. The lowest BCUT2D eigenvalue weighted by atomic mass is 10.7. The van der Waals surface area contributed by atoms with Crippen LogP contribution in [0.5, 0.6) is 0 Å². The molecule has 0 heterocycles. The maximum Gasteiger partial charge on any atom is 0.317 e. The van der Waals surface area contributed by atoms with Gasteiger partial charge in [-0.25, -0.2) is 0 Å². The minimum Gasteiger partial charge on any atom is -0.480 e. The Morgan fingerprint density at radius 1 is 1.57 bits per heavy atom. The summed E-state index contributed by atoms with van der Waals surface area (Å²) < 4.78 is 0. The minimum absolute atomic E-state index is 0.278. The third kappa shape index (κ3) is 32.9. The van der Waals surface area contributed by atoms with Gasteiger partial charge in [0.2, 0.25) is 0 Å². The molecule has 0 aromatic carbocycles. The molecule has 5 heteroatoms. The molecular formula is C2H7N2O3. The van der Waals surface area contributed by atoms with Crippen molar-refractivity contribution in [1.82, 2.24) is 0 Å². The first-order valence-corrected chi connectivity index (χ1v) is 1.43. The summed E-state index contributed by atoms with van der Waals surface area (Å²) in [4.78, 5) is 9.24. The number of hydrogen-bond acceptors (Lipinski definition) is 3. The predicted octanol–water partition coefficient (Wildman–Crippen LogP) is -1.68. The number of carboxylic acid groups (broad SMARTS) is 1. The Labute approximate surface area is 40.5 Å². The number of nitrogens with two attached hydrogens (primary N) is 2. The van der Waals surface area contributed by atoms with Crippen molar-refractivity contribution in [2.45, 2.75) is 0 Å². The third-order valence-electron chi connectivity index (χ3n) is 0.175. The van der Waals surface area contributed by atoms with E-state index in [1.807, 2.05) is 0 Å². The molecule has 0 aliphatic heterocycles. The van der Waals surface area contributed by atoms with Crippen molar-refractivity contribution in [3.8, 4) is 0 Å². The molecule has 0 unspecified atom stereocenters. The van der Waals surface area contributed by atoms with Crippen LogP contribution >= 0.6 is 0 Å². The topological polar surface area (TPSA) is 109 Å². The molecule has 0 atom stereocenters. The molecule has 0 aliphatic rings. The van der Waals surface area contributed by atoms with Crippen LogP contribution < -0.4 is 11.6 Å². The Balaban J connectivity index is 0. The Morgan fingerprint density at radius 2 is 1.71 bits per heavy atom. The molecule has 1 radical (unpaired) electrons. The second-order valence-corrected chi connectivity index (χ2v) is 0.598. The van der Waals surface area contributed by atoms with Crippen LogP contribution in [-0.4, -0.2) is 17.6 Å². The number of aliphatic carboxylic acids is 1. The molecule has 0 rings (SSSR count). The Bertz CT molecular complexity index is 46.2. The van der Waals surface area contributed by atoms with Crippen molar-refractivity contribution in [3.63, 3.8) is 0 Å². The summed E-state index contributed by atoms with van der Waals surface area (Å²) in [5.74, 6) is 2.28. The Morgan fingerprint density at radius 3 is 1.71 bits per heavy atom. The van der Waals surface area contributed by atoms with Crippen LogP contribution in [-0.2, 0) is 10.0 Å². The maximum absolute atomic E-state index is 9.24. The molecule has 7 heavy (non-hydrogen) atoms. The molecule has 5 nitrogen and oxygen atoms in total. The highest BCUT2D eigenvalue weighted by Crippen LogP contribution is 1.43. The highest BCUT2D eigenvalue weighted by atomic mass is 16.4. The molecule has 0 amide bonds. The first-order chi connectivity index (χ1) is 3.27. The molecular weight excluding hydrogens is 100 g/mol. The third-order valence-corrected chi connectivity index (χ3v) is 0.175.